The Bertz CT molecular complexity index is 644. The highest BCUT2D eigenvalue weighted by Gasteiger charge is 2.26. The molecule has 0 spiro atoms. The zero-order valence-corrected chi connectivity index (χ0v) is 11.9. The van der Waals surface area contributed by atoms with Gasteiger partial charge in [-0.15, -0.1) is 11.3 Å². The third-order valence-electron chi connectivity index (χ3n) is 3.35. The van der Waals surface area contributed by atoms with Crippen LogP contribution in [0.3, 0.4) is 0 Å². The Balaban J connectivity index is 2.39. The number of nitrogens with one attached hydrogen (secondary N) is 1. The Kier molecular flexibility index (Phi) is 4.07. The van der Waals surface area contributed by atoms with Crippen molar-refractivity contribution in [2.24, 2.45) is 11.7 Å². The van der Waals surface area contributed by atoms with Gasteiger partial charge < -0.3 is 11.1 Å². The second-order valence-corrected chi connectivity index (χ2v) is 5.95. The van der Waals surface area contributed by atoms with Crippen LogP contribution in [0.4, 0.5) is 5.00 Å². The molecule has 102 valence electrons. The lowest BCUT2D eigenvalue weighted by Gasteiger charge is -2.18. The van der Waals surface area contributed by atoms with Crippen molar-refractivity contribution in [3.63, 3.8) is 0 Å². The summed E-state index contributed by atoms with van der Waals surface area (Å²) in [6.45, 7) is 2.18. The van der Waals surface area contributed by atoms with Crippen molar-refractivity contribution >= 4 is 22.2 Å². The fourth-order valence-corrected chi connectivity index (χ4v) is 3.73. The number of rotatable bonds is 3. The molecule has 3 N–H and O–H groups in total. The van der Waals surface area contributed by atoms with E-state index in [2.05, 4.69) is 12.2 Å². The van der Waals surface area contributed by atoms with Crippen molar-refractivity contribution < 1.29 is 4.79 Å². The molecular weight excluding hydrogens is 272 g/mol. The maximum atomic E-state index is 11.7. The molecule has 1 amide bonds. The van der Waals surface area contributed by atoms with Gasteiger partial charge in [0.15, 0.2) is 0 Å². The average Bonchev–Trinajstić information content (AvgIpc) is 2.77. The third kappa shape index (κ3) is 2.66. The Morgan fingerprint density at radius 1 is 1.50 bits per heavy atom. The summed E-state index contributed by atoms with van der Waals surface area (Å²) in [5.41, 5.74) is 6.95. The lowest BCUT2D eigenvalue weighted by atomic mass is 9.88. The minimum Gasteiger partial charge on any atom is -0.365 e. The Hall–Kier alpha value is -2.31. The van der Waals surface area contributed by atoms with Gasteiger partial charge in [0.05, 0.1) is 5.56 Å². The van der Waals surface area contributed by atoms with Gasteiger partial charge in [-0.2, -0.15) is 10.5 Å². The topological polar surface area (TPSA) is 103 Å². The molecule has 20 heavy (non-hydrogen) atoms. The predicted octanol–water partition coefficient (Wildman–Crippen LogP) is 2.31. The van der Waals surface area contributed by atoms with Gasteiger partial charge in [-0.3, -0.25) is 4.79 Å². The summed E-state index contributed by atoms with van der Waals surface area (Å²) in [6, 6.07) is 3.53. The van der Waals surface area contributed by atoms with Gasteiger partial charge in [0.25, 0.3) is 5.91 Å². The number of thiophene rings is 1. The van der Waals surface area contributed by atoms with E-state index < -0.39 is 5.91 Å². The van der Waals surface area contributed by atoms with E-state index in [0.29, 0.717) is 16.5 Å². The molecule has 5 nitrogen and oxygen atoms in total. The number of carbonyl (C=O) groups excluding carboxylic acids is 1. The Morgan fingerprint density at radius 3 is 2.80 bits per heavy atom. The largest absolute Gasteiger partial charge is 0.365 e. The molecule has 1 aliphatic carbocycles. The summed E-state index contributed by atoms with van der Waals surface area (Å²) in [4.78, 5) is 12.8. The molecular formula is C14H14N4OS. The van der Waals surface area contributed by atoms with E-state index in [4.69, 9.17) is 16.3 Å². The van der Waals surface area contributed by atoms with Crippen molar-refractivity contribution in [2.45, 2.75) is 26.2 Å². The van der Waals surface area contributed by atoms with Crippen LogP contribution in [0.2, 0.25) is 0 Å². The van der Waals surface area contributed by atoms with E-state index in [1.165, 1.54) is 22.4 Å². The fraction of sp³-hybridized carbons (Fsp3) is 0.357. The maximum Gasteiger partial charge on any atom is 0.251 e. The molecule has 1 aromatic rings. The minimum atomic E-state index is -0.469. The van der Waals surface area contributed by atoms with Crippen LogP contribution in [-0.4, -0.2) is 5.91 Å². The first kappa shape index (κ1) is 14.1. The highest BCUT2D eigenvalue weighted by molar-refractivity contribution is 7.16. The first-order chi connectivity index (χ1) is 9.56. The molecule has 0 saturated heterocycles. The monoisotopic (exact) mass is 286 g/mol. The highest BCUT2D eigenvalue weighted by atomic mass is 32.1. The number of amides is 1. The number of fused-ring (bicyclic) bond motifs is 1. The normalized spacial score (nSPS) is 16.4. The summed E-state index contributed by atoms with van der Waals surface area (Å²) in [7, 11) is 0. The second-order valence-electron chi connectivity index (χ2n) is 4.85. The van der Waals surface area contributed by atoms with Crippen molar-refractivity contribution in [3.05, 3.63) is 27.8 Å². The number of nitrogens with zero attached hydrogens (tertiary/aromatic N) is 2. The number of allylic oxidation sites excluding steroid dienone is 1. The predicted molar refractivity (Wildman–Crippen MR) is 77.0 cm³/mol. The molecule has 6 heteroatoms. The smallest absolute Gasteiger partial charge is 0.251 e. The molecule has 0 fully saturated rings. The van der Waals surface area contributed by atoms with Crippen molar-refractivity contribution in [1.29, 1.82) is 10.5 Å². The standard InChI is InChI=1S/C14H14N4OS/c1-8-2-3-10-11(4-8)20-14(12(10)13(17)19)18-7-9(5-15)6-16/h7-8,18H,2-4H2,1H3,(H2,17,19)/t8-/m1/s1. The van der Waals surface area contributed by atoms with Gasteiger partial charge in [0.2, 0.25) is 0 Å². The molecule has 0 saturated carbocycles. The van der Waals surface area contributed by atoms with E-state index >= 15 is 0 Å². The van der Waals surface area contributed by atoms with Crippen molar-refractivity contribution in [1.82, 2.24) is 0 Å². The summed E-state index contributed by atoms with van der Waals surface area (Å²) in [6.07, 6.45) is 4.14. The molecule has 0 aromatic carbocycles. The number of hydrogen-bond donors (Lipinski definition) is 2. The molecule has 1 heterocycles. The number of nitriles is 2. The van der Waals surface area contributed by atoms with Gasteiger partial charge in [0, 0.05) is 11.1 Å². The SMILES string of the molecule is C[C@@H]1CCc2c(sc(NC=C(C#N)C#N)c2C(N)=O)C1. The van der Waals surface area contributed by atoms with Crippen molar-refractivity contribution in [2.75, 3.05) is 5.32 Å². The Labute approximate surface area is 121 Å². The quantitative estimate of drug-likeness (QED) is 0.832. The maximum absolute atomic E-state index is 11.7. The first-order valence-corrected chi connectivity index (χ1v) is 7.09. The number of hydrogen-bond acceptors (Lipinski definition) is 5. The molecule has 0 aliphatic heterocycles. The highest BCUT2D eigenvalue weighted by Crippen LogP contribution is 2.39. The van der Waals surface area contributed by atoms with Gasteiger partial charge >= 0.3 is 0 Å². The van der Waals surface area contributed by atoms with Crippen LogP contribution in [0.1, 0.15) is 34.1 Å². The van der Waals surface area contributed by atoms with Crippen LogP contribution in [-0.2, 0) is 12.8 Å². The van der Waals surface area contributed by atoms with E-state index in [9.17, 15) is 4.79 Å². The molecule has 1 atom stereocenters. The summed E-state index contributed by atoms with van der Waals surface area (Å²) in [5.74, 6) is 0.127. The molecule has 2 rings (SSSR count). The lowest BCUT2D eigenvalue weighted by Crippen LogP contribution is -2.17. The molecule has 1 aliphatic rings. The van der Waals surface area contributed by atoms with Crippen LogP contribution in [0.5, 0.6) is 0 Å². The second kappa shape index (κ2) is 5.77. The van der Waals surface area contributed by atoms with Crippen LogP contribution in [0.25, 0.3) is 0 Å². The van der Waals surface area contributed by atoms with E-state index in [0.717, 1.165) is 24.8 Å². The number of carbonyl (C=O) groups is 1. The van der Waals surface area contributed by atoms with Crippen LogP contribution in [0.15, 0.2) is 11.8 Å². The van der Waals surface area contributed by atoms with E-state index in [1.54, 1.807) is 12.1 Å². The zero-order chi connectivity index (χ0) is 14.7. The van der Waals surface area contributed by atoms with E-state index in [1.807, 2.05) is 0 Å². The summed E-state index contributed by atoms with van der Waals surface area (Å²) >= 11 is 1.48. The van der Waals surface area contributed by atoms with Crippen LogP contribution < -0.4 is 11.1 Å². The van der Waals surface area contributed by atoms with Crippen LogP contribution in [0, 0.1) is 28.6 Å². The van der Waals surface area contributed by atoms with E-state index in [-0.39, 0.29) is 5.57 Å². The van der Waals surface area contributed by atoms with Crippen molar-refractivity contribution in [3.8, 4) is 12.1 Å². The van der Waals surface area contributed by atoms with Gasteiger partial charge in [-0.05, 0) is 30.7 Å². The number of primary amides is 1. The molecule has 0 bridgehead atoms. The Morgan fingerprint density at radius 2 is 2.20 bits per heavy atom. The summed E-state index contributed by atoms with van der Waals surface area (Å²) < 4.78 is 0. The van der Waals surface area contributed by atoms with Gasteiger partial charge in [-0.1, -0.05) is 6.92 Å². The zero-order valence-electron chi connectivity index (χ0n) is 11.1. The fourth-order valence-electron chi connectivity index (χ4n) is 2.34. The number of nitrogens with two attached hydrogens (primary N) is 1. The molecule has 1 aromatic heterocycles. The molecule has 0 radical (unpaired) electrons. The summed E-state index contributed by atoms with van der Waals surface area (Å²) in [5, 5.41) is 20.9. The molecule has 0 unspecified atom stereocenters. The first-order valence-electron chi connectivity index (χ1n) is 6.28. The number of anilines is 1. The third-order valence-corrected chi connectivity index (χ3v) is 4.53. The van der Waals surface area contributed by atoms with Gasteiger partial charge in [0.1, 0.15) is 22.7 Å². The van der Waals surface area contributed by atoms with Crippen LogP contribution >= 0.6 is 11.3 Å². The lowest BCUT2D eigenvalue weighted by molar-refractivity contribution is 0.1000. The van der Waals surface area contributed by atoms with Gasteiger partial charge in [-0.25, -0.2) is 0 Å². The average molecular weight is 286 g/mol. The minimum absolute atomic E-state index is 0.0415.